The number of nitrogens with one attached hydrogen (secondary N) is 1. The number of hydrogen-bond donors (Lipinski definition) is 1. The van der Waals surface area contributed by atoms with Gasteiger partial charge in [0.05, 0.1) is 6.67 Å². The van der Waals surface area contributed by atoms with E-state index in [-0.39, 0.29) is 0 Å². The highest BCUT2D eigenvalue weighted by atomic mass is 35.5. The molecule has 2 rings (SSSR count). The van der Waals surface area contributed by atoms with Crippen LogP contribution in [0.1, 0.15) is 0 Å². The standard InChI is InChI=1S/C9H10ClN3/c1-11-6-13-8(10)5-7-3-2-4-12-9(7)13/h2-5,11H,6H2,1H3. The van der Waals surface area contributed by atoms with Crippen LogP contribution in [0.25, 0.3) is 11.0 Å². The summed E-state index contributed by atoms with van der Waals surface area (Å²) >= 11 is 6.03. The molecule has 0 spiro atoms. The van der Waals surface area contributed by atoms with Crippen LogP contribution in [0.4, 0.5) is 0 Å². The maximum absolute atomic E-state index is 6.03. The van der Waals surface area contributed by atoms with Crippen LogP contribution < -0.4 is 5.32 Å². The van der Waals surface area contributed by atoms with Crippen molar-refractivity contribution in [3.8, 4) is 0 Å². The second-order valence-electron chi connectivity index (χ2n) is 2.82. The maximum atomic E-state index is 6.03. The minimum atomic E-state index is 0.680. The van der Waals surface area contributed by atoms with Crippen LogP contribution in [0, 0.1) is 0 Å². The van der Waals surface area contributed by atoms with E-state index in [0.717, 1.165) is 11.0 Å². The molecule has 0 atom stereocenters. The van der Waals surface area contributed by atoms with Gasteiger partial charge in [0, 0.05) is 11.6 Å². The molecule has 1 N–H and O–H groups in total. The van der Waals surface area contributed by atoms with Crippen LogP contribution >= 0.6 is 11.6 Å². The highest BCUT2D eigenvalue weighted by Gasteiger charge is 2.05. The van der Waals surface area contributed by atoms with E-state index < -0.39 is 0 Å². The average molecular weight is 196 g/mol. The molecule has 0 saturated carbocycles. The number of hydrogen-bond acceptors (Lipinski definition) is 2. The van der Waals surface area contributed by atoms with Crippen molar-refractivity contribution in [3.05, 3.63) is 29.5 Å². The molecule has 0 aliphatic carbocycles. The van der Waals surface area contributed by atoms with Gasteiger partial charge >= 0.3 is 0 Å². The quantitative estimate of drug-likeness (QED) is 0.793. The van der Waals surface area contributed by atoms with Crippen LogP contribution in [-0.2, 0) is 6.67 Å². The highest BCUT2D eigenvalue weighted by molar-refractivity contribution is 6.30. The van der Waals surface area contributed by atoms with Crippen molar-refractivity contribution in [2.75, 3.05) is 7.05 Å². The fourth-order valence-corrected chi connectivity index (χ4v) is 1.62. The minimum Gasteiger partial charge on any atom is -0.303 e. The molecule has 0 unspecified atom stereocenters. The fraction of sp³-hybridized carbons (Fsp3) is 0.222. The van der Waals surface area contributed by atoms with Gasteiger partial charge in [0.25, 0.3) is 0 Å². The first-order valence-corrected chi connectivity index (χ1v) is 4.45. The average Bonchev–Trinajstić information content (AvgIpc) is 2.44. The summed E-state index contributed by atoms with van der Waals surface area (Å²) in [5, 5.41) is 4.82. The van der Waals surface area contributed by atoms with E-state index >= 15 is 0 Å². The largest absolute Gasteiger partial charge is 0.303 e. The van der Waals surface area contributed by atoms with Gasteiger partial charge in [0.1, 0.15) is 10.8 Å². The van der Waals surface area contributed by atoms with Gasteiger partial charge in [0.2, 0.25) is 0 Å². The molecular formula is C9H10ClN3. The summed E-state index contributed by atoms with van der Waals surface area (Å²) in [5.74, 6) is 0. The number of halogens is 1. The Bertz CT molecular complexity index is 422. The summed E-state index contributed by atoms with van der Waals surface area (Å²) in [4.78, 5) is 4.26. The van der Waals surface area contributed by atoms with Crippen LogP contribution in [0.5, 0.6) is 0 Å². The van der Waals surface area contributed by atoms with Gasteiger partial charge in [-0.3, -0.25) is 0 Å². The molecule has 3 nitrogen and oxygen atoms in total. The molecule has 4 heteroatoms. The molecule has 13 heavy (non-hydrogen) atoms. The lowest BCUT2D eigenvalue weighted by Gasteiger charge is -2.03. The molecule has 2 aromatic rings. The molecule has 0 aliphatic rings. The number of aromatic nitrogens is 2. The lowest BCUT2D eigenvalue weighted by molar-refractivity contribution is 0.634. The zero-order chi connectivity index (χ0) is 9.26. The summed E-state index contributed by atoms with van der Waals surface area (Å²) in [5.41, 5.74) is 0.918. The van der Waals surface area contributed by atoms with E-state index in [0.29, 0.717) is 11.8 Å². The maximum Gasteiger partial charge on any atom is 0.142 e. The number of nitrogens with zero attached hydrogens (tertiary/aromatic N) is 2. The van der Waals surface area contributed by atoms with Crippen molar-refractivity contribution >= 4 is 22.6 Å². The van der Waals surface area contributed by atoms with Crippen molar-refractivity contribution in [3.63, 3.8) is 0 Å². The molecule has 0 saturated heterocycles. The zero-order valence-corrected chi connectivity index (χ0v) is 8.04. The number of fused-ring (bicyclic) bond motifs is 1. The van der Waals surface area contributed by atoms with Gasteiger partial charge in [-0.15, -0.1) is 0 Å². The molecule has 2 heterocycles. The predicted molar refractivity (Wildman–Crippen MR) is 53.8 cm³/mol. The summed E-state index contributed by atoms with van der Waals surface area (Å²) in [6.45, 7) is 0.680. The third-order valence-electron chi connectivity index (χ3n) is 1.92. The normalized spacial score (nSPS) is 10.9. The molecule has 68 valence electrons. The molecule has 0 radical (unpaired) electrons. The monoisotopic (exact) mass is 195 g/mol. The van der Waals surface area contributed by atoms with E-state index in [1.165, 1.54) is 0 Å². The Morgan fingerprint density at radius 2 is 2.46 bits per heavy atom. The van der Waals surface area contributed by atoms with Gasteiger partial charge < -0.3 is 9.88 Å². The highest BCUT2D eigenvalue weighted by Crippen LogP contribution is 2.20. The lowest BCUT2D eigenvalue weighted by atomic mass is 10.3. The second kappa shape index (κ2) is 3.36. The van der Waals surface area contributed by atoms with Crippen LogP contribution in [0.3, 0.4) is 0 Å². The lowest BCUT2D eigenvalue weighted by Crippen LogP contribution is -2.13. The van der Waals surface area contributed by atoms with Crippen molar-refractivity contribution in [2.45, 2.75) is 6.67 Å². The van der Waals surface area contributed by atoms with Gasteiger partial charge in [-0.25, -0.2) is 4.98 Å². The molecule has 0 amide bonds. The van der Waals surface area contributed by atoms with Crippen molar-refractivity contribution in [1.82, 2.24) is 14.9 Å². The Morgan fingerprint density at radius 1 is 1.62 bits per heavy atom. The van der Waals surface area contributed by atoms with Crippen molar-refractivity contribution < 1.29 is 0 Å². The van der Waals surface area contributed by atoms with Gasteiger partial charge in [-0.2, -0.15) is 0 Å². The zero-order valence-electron chi connectivity index (χ0n) is 7.29. The molecule has 0 fully saturated rings. The Kier molecular flexibility index (Phi) is 2.20. The SMILES string of the molecule is CNCn1c(Cl)cc2cccnc21. The number of pyridine rings is 1. The van der Waals surface area contributed by atoms with Gasteiger partial charge in [-0.05, 0) is 25.2 Å². The van der Waals surface area contributed by atoms with E-state index in [9.17, 15) is 0 Å². The van der Waals surface area contributed by atoms with Crippen molar-refractivity contribution in [1.29, 1.82) is 0 Å². The predicted octanol–water partition coefficient (Wildman–Crippen LogP) is 1.87. The summed E-state index contributed by atoms with van der Waals surface area (Å²) in [7, 11) is 1.88. The Labute approximate surface area is 81.3 Å². The smallest absolute Gasteiger partial charge is 0.142 e. The van der Waals surface area contributed by atoms with E-state index in [1.807, 2.05) is 29.8 Å². The Hall–Kier alpha value is -1.06. The third kappa shape index (κ3) is 1.41. The summed E-state index contributed by atoms with van der Waals surface area (Å²) < 4.78 is 1.93. The minimum absolute atomic E-state index is 0.680. The molecule has 0 aliphatic heterocycles. The van der Waals surface area contributed by atoms with E-state index in [4.69, 9.17) is 11.6 Å². The van der Waals surface area contributed by atoms with Crippen LogP contribution in [0.15, 0.2) is 24.4 Å². The Balaban J connectivity index is 2.64. The third-order valence-corrected chi connectivity index (χ3v) is 2.23. The van der Waals surface area contributed by atoms with E-state index in [1.54, 1.807) is 6.20 Å². The van der Waals surface area contributed by atoms with Crippen LogP contribution in [0.2, 0.25) is 5.15 Å². The molecule has 2 aromatic heterocycles. The van der Waals surface area contributed by atoms with Gasteiger partial charge in [-0.1, -0.05) is 11.6 Å². The van der Waals surface area contributed by atoms with Gasteiger partial charge in [0.15, 0.2) is 0 Å². The Morgan fingerprint density at radius 3 is 3.23 bits per heavy atom. The number of rotatable bonds is 2. The van der Waals surface area contributed by atoms with Crippen LogP contribution in [-0.4, -0.2) is 16.6 Å². The summed E-state index contributed by atoms with van der Waals surface area (Å²) in [6.07, 6.45) is 1.77. The first-order valence-electron chi connectivity index (χ1n) is 4.07. The second-order valence-corrected chi connectivity index (χ2v) is 3.21. The van der Waals surface area contributed by atoms with Crippen molar-refractivity contribution in [2.24, 2.45) is 0 Å². The van der Waals surface area contributed by atoms with E-state index in [2.05, 4.69) is 10.3 Å². The molecular weight excluding hydrogens is 186 g/mol. The molecule has 0 aromatic carbocycles. The fourth-order valence-electron chi connectivity index (χ4n) is 1.36. The topological polar surface area (TPSA) is 29.9 Å². The summed E-state index contributed by atoms with van der Waals surface area (Å²) in [6, 6.07) is 5.82. The first kappa shape index (κ1) is 8.53. The molecule has 0 bridgehead atoms. The first-order chi connectivity index (χ1) is 6.33.